The highest BCUT2D eigenvalue weighted by Crippen LogP contribution is 2.51. The van der Waals surface area contributed by atoms with Gasteiger partial charge < -0.3 is 18.9 Å². The number of cyclic esters (lactones) is 2. The van der Waals surface area contributed by atoms with E-state index < -0.39 is 68.5 Å². The zero-order valence-electron chi connectivity index (χ0n) is 12.9. The standard InChI is InChI=1S/C11H8F12O5/c12-7(13,14)5(8(15,16)17)28-9(18,10(19,20)21)11(22,23)27-3-4-1-25-6(24)26-2-4/h4-5H,1-3H2. The van der Waals surface area contributed by atoms with E-state index in [9.17, 15) is 57.5 Å². The molecular weight excluding hydrogens is 440 g/mol. The van der Waals surface area contributed by atoms with Crippen molar-refractivity contribution in [2.24, 2.45) is 5.92 Å². The first-order valence-electron chi connectivity index (χ1n) is 6.69. The molecular formula is C11H8F12O5. The van der Waals surface area contributed by atoms with Crippen molar-refractivity contribution >= 4 is 6.16 Å². The van der Waals surface area contributed by atoms with E-state index in [1.54, 1.807) is 0 Å². The van der Waals surface area contributed by atoms with Crippen LogP contribution in [0, 0.1) is 5.92 Å². The zero-order valence-corrected chi connectivity index (χ0v) is 12.9. The first-order chi connectivity index (χ1) is 12.3. The fourth-order valence-electron chi connectivity index (χ4n) is 1.66. The van der Waals surface area contributed by atoms with Crippen LogP contribution in [0.4, 0.5) is 57.5 Å². The Hall–Kier alpha value is -1.65. The third-order valence-corrected chi connectivity index (χ3v) is 2.99. The Labute approximate surface area is 146 Å². The average molecular weight is 448 g/mol. The molecule has 1 aliphatic rings. The maximum Gasteiger partial charge on any atom is 0.508 e. The third kappa shape index (κ3) is 5.45. The van der Waals surface area contributed by atoms with Gasteiger partial charge in [0.2, 0.25) is 0 Å². The van der Waals surface area contributed by atoms with Crippen LogP contribution in [0.25, 0.3) is 0 Å². The Balaban J connectivity index is 3.11. The van der Waals surface area contributed by atoms with Gasteiger partial charge in [0.15, 0.2) is 0 Å². The van der Waals surface area contributed by atoms with Crippen LogP contribution in [0.3, 0.4) is 0 Å². The number of hydrogen-bond acceptors (Lipinski definition) is 5. The first kappa shape index (κ1) is 24.4. The molecule has 28 heavy (non-hydrogen) atoms. The Morgan fingerprint density at radius 1 is 0.857 bits per heavy atom. The zero-order chi connectivity index (χ0) is 22.2. The molecule has 1 saturated heterocycles. The lowest BCUT2D eigenvalue weighted by Gasteiger charge is -2.37. The molecule has 1 heterocycles. The molecule has 0 N–H and O–H groups in total. The second-order valence-corrected chi connectivity index (χ2v) is 5.24. The second kappa shape index (κ2) is 7.64. The van der Waals surface area contributed by atoms with E-state index in [0.717, 1.165) is 0 Å². The molecule has 1 fully saturated rings. The van der Waals surface area contributed by atoms with Gasteiger partial charge in [-0.25, -0.2) is 4.79 Å². The number of alkyl halides is 12. The number of hydrogen-bond donors (Lipinski definition) is 0. The van der Waals surface area contributed by atoms with Crippen molar-refractivity contribution < 1.29 is 76.4 Å². The Kier molecular flexibility index (Phi) is 6.66. The van der Waals surface area contributed by atoms with Gasteiger partial charge in [-0.05, 0) is 0 Å². The van der Waals surface area contributed by atoms with Gasteiger partial charge in [0.25, 0.3) is 6.10 Å². The van der Waals surface area contributed by atoms with Crippen molar-refractivity contribution in [2.45, 2.75) is 36.6 Å². The van der Waals surface area contributed by atoms with Crippen molar-refractivity contribution in [2.75, 3.05) is 19.8 Å². The number of carbonyl (C=O) groups excluding carboxylic acids is 1. The summed E-state index contributed by atoms with van der Waals surface area (Å²) in [7, 11) is 0. The van der Waals surface area contributed by atoms with E-state index in [-0.39, 0.29) is 0 Å². The van der Waals surface area contributed by atoms with Crippen LogP contribution < -0.4 is 0 Å². The van der Waals surface area contributed by atoms with Gasteiger partial charge in [0, 0.05) is 0 Å². The minimum absolute atomic E-state index is 0.769. The molecule has 166 valence electrons. The van der Waals surface area contributed by atoms with Crippen LogP contribution in [-0.4, -0.2) is 62.6 Å². The SMILES string of the molecule is O=C1OCC(COC(F)(F)C(F)(OC(C(F)(F)F)C(F)(F)F)C(F)(F)F)CO1. The molecule has 5 nitrogen and oxygen atoms in total. The van der Waals surface area contributed by atoms with E-state index in [1.165, 1.54) is 0 Å². The molecule has 0 amide bonds. The normalized spacial score (nSPS) is 20.0. The fourth-order valence-corrected chi connectivity index (χ4v) is 1.66. The van der Waals surface area contributed by atoms with Gasteiger partial charge in [0.05, 0.1) is 12.5 Å². The lowest BCUT2D eigenvalue weighted by atomic mass is 10.2. The average Bonchev–Trinajstić information content (AvgIpc) is 2.48. The van der Waals surface area contributed by atoms with Gasteiger partial charge >= 0.3 is 36.6 Å². The molecule has 0 radical (unpaired) electrons. The van der Waals surface area contributed by atoms with E-state index in [0.29, 0.717) is 0 Å². The highest BCUT2D eigenvalue weighted by molar-refractivity contribution is 5.60. The Morgan fingerprint density at radius 2 is 1.29 bits per heavy atom. The molecule has 0 aliphatic carbocycles. The fraction of sp³-hybridized carbons (Fsp3) is 0.909. The second-order valence-electron chi connectivity index (χ2n) is 5.24. The van der Waals surface area contributed by atoms with Gasteiger partial charge in [-0.15, -0.1) is 0 Å². The van der Waals surface area contributed by atoms with E-state index in [1.807, 2.05) is 0 Å². The van der Waals surface area contributed by atoms with Gasteiger partial charge in [0.1, 0.15) is 13.2 Å². The summed E-state index contributed by atoms with van der Waals surface area (Å²) in [5.74, 6) is -8.26. The number of rotatable bonds is 6. The van der Waals surface area contributed by atoms with E-state index in [2.05, 4.69) is 18.9 Å². The summed E-state index contributed by atoms with van der Waals surface area (Å²) in [5.41, 5.74) is 0. The van der Waals surface area contributed by atoms with Crippen LogP contribution in [0.1, 0.15) is 0 Å². The van der Waals surface area contributed by atoms with Crippen molar-refractivity contribution in [3.63, 3.8) is 0 Å². The van der Waals surface area contributed by atoms with Crippen LogP contribution in [0.5, 0.6) is 0 Å². The predicted molar refractivity (Wildman–Crippen MR) is 58.6 cm³/mol. The molecule has 0 bridgehead atoms. The summed E-state index contributed by atoms with van der Waals surface area (Å²) in [6.45, 7) is -3.14. The smallest absolute Gasteiger partial charge is 0.434 e. The van der Waals surface area contributed by atoms with E-state index in [4.69, 9.17) is 0 Å². The summed E-state index contributed by atoms with van der Waals surface area (Å²) >= 11 is 0. The molecule has 17 heteroatoms. The summed E-state index contributed by atoms with van der Waals surface area (Å²) in [6, 6.07) is 0. The van der Waals surface area contributed by atoms with Crippen LogP contribution in [-0.2, 0) is 18.9 Å². The Morgan fingerprint density at radius 3 is 1.64 bits per heavy atom. The van der Waals surface area contributed by atoms with Crippen molar-refractivity contribution in [1.29, 1.82) is 0 Å². The third-order valence-electron chi connectivity index (χ3n) is 2.99. The summed E-state index contributed by atoms with van der Waals surface area (Å²) in [4.78, 5) is 10.5. The molecule has 0 saturated carbocycles. The topological polar surface area (TPSA) is 54.0 Å². The summed E-state index contributed by atoms with van der Waals surface area (Å²) in [5, 5.41) is 0. The van der Waals surface area contributed by atoms with Crippen LogP contribution in [0.2, 0.25) is 0 Å². The van der Waals surface area contributed by atoms with Crippen LogP contribution in [0.15, 0.2) is 0 Å². The summed E-state index contributed by atoms with van der Waals surface area (Å²) < 4.78 is 167. The lowest BCUT2D eigenvalue weighted by Crippen LogP contribution is -2.63. The molecule has 1 aliphatic heterocycles. The van der Waals surface area contributed by atoms with Gasteiger partial charge in [-0.1, -0.05) is 0 Å². The molecule has 0 aromatic carbocycles. The first-order valence-corrected chi connectivity index (χ1v) is 6.69. The molecule has 0 aromatic rings. The lowest BCUT2D eigenvalue weighted by molar-refractivity contribution is -0.492. The number of halogens is 12. The summed E-state index contributed by atoms with van der Waals surface area (Å²) in [6.07, 6.45) is -33.7. The van der Waals surface area contributed by atoms with Gasteiger partial charge in [-0.3, -0.25) is 0 Å². The monoisotopic (exact) mass is 448 g/mol. The molecule has 1 unspecified atom stereocenters. The number of carbonyl (C=O) groups is 1. The highest BCUT2D eigenvalue weighted by Gasteiger charge is 2.78. The minimum atomic E-state index is -7.08. The van der Waals surface area contributed by atoms with E-state index >= 15 is 0 Å². The Bertz CT molecular complexity index is 532. The maximum atomic E-state index is 13.9. The molecule has 0 aromatic heterocycles. The van der Waals surface area contributed by atoms with Crippen molar-refractivity contribution in [1.82, 2.24) is 0 Å². The van der Waals surface area contributed by atoms with Crippen LogP contribution >= 0.6 is 0 Å². The quantitative estimate of drug-likeness (QED) is 0.452. The largest absolute Gasteiger partial charge is 0.508 e. The molecule has 0 spiro atoms. The maximum absolute atomic E-state index is 13.9. The molecule has 1 atom stereocenters. The number of ether oxygens (including phenoxy) is 4. The predicted octanol–water partition coefficient (Wildman–Crippen LogP) is 4.12. The highest BCUT2D eigenvalue weighted by atomic mass is 19.4. The van der Waals surface area contributed by atoms with Gasteiger partial charge in [-0.2, -0.15) is 52.7 Å². The molecule has 1 rings (SSSR count). The van der Waals surface area contributed by atoms with Crippen molar-refractivity contribution in [3.05, 3.63) is 0 Å². The van der Waals surface area contributed by atoms with Crippen molar-refractivity contribution in [3.8, 4) is 0 Å². The minimum Gasteiger partial charge on any atom is -0.434 e.